The van der Waals surface area contributed by atoms with Crippen LogP contribution in [0.2, 0.25) is 0 Å². The van der Waals surface area contributed by atoms with Gasteiger partial charge in [0.1, 0.15) is 0 Å². The van der Waals surface area contributed by atoms with E-state index in [4.69, 9.17) is 0 Å². The Morgan fingerprint density at radius 3 is 2.71 bits per heavy atom. The third-order valence-corrected chi connectivity index (χ3v) is 4.96. The normalized spacial score (nSPS) is 25.3. The van der Waals surface area contributed by atoms with Crippen LogP contribution in [0.5, 0.6) is 0 Å². The van der Waals surface area contributed by atoms with Crippen molar-refractivity contribution < 1.29 is 0 Å². The summed E-state index contributed by atoms with van der Waals surface area (Å²) in [6.45, 7) is 12.3. The molecule has 0 amide bonds. The van der Waals surface area contributed by atoms with E-state index in [9.17, 15) is 0 Å². The van der Waals surface area contributed by atoms with Crippen LogP contribution in [0.25, 0.3) is 0 Å². The van der Waals surface area contributed by atoms with Gasteiger partial charge in [0, 0.05) is 31.4 Å². The Morgan fingerprint density at radius 2 is 2.00 bits per heavy atom. The van der Waals surface area contributed by atoms with Crippen molar-refractivity contribution in [2.24, 2.45) is 5.92 Å². The van der Waals surface area contributed by atoms with Gasteiger partial charge in [-0.15, -0.1) is 0 Å². The lowest BCUT2D eigenvalue weighted by Crippen LogP contribution is -2.43. The van der Waals surface area contributed by atoms with Crippen molar-refractivity contribution in [2.75, 3.05) is 32.7 Å². The second kappa shape index (κ2) is 8.60. The van der Waals surface area contributed by atoms with E-state index >= 15 is 0 Å². The quantitative estimate of drug-likeness (QED) is 0.720. The van der Waals surface area contributed by atoms with Gasteiger partial charge >= 0.3 is 0 Å². The second-order valence-electron chi connectivity index (χ2n) is 6.20. The van der Waals surface area contributed by atoms with Crippen molar-refractivity contribution in [2.45, 2.75) is 52.5 Å². The van der Waals surface area contributed by atoms with Crippen LogP contribution in [0, 0.1) is 5.92 Å². The molecule has 2 N–H and O–H groups in total. The van der Waals surface area contributed by atoms with Gasteiger partial charge in [0.05, 0.1) is 0 Å². The number of nitrogens with one attached hydrogen (secondary N) is 2. The van der Waals surface area contributed by atoms with Crippen LogP contribution in [0.1, 0.15) is 46.5 Å². The largest absolute Gasteiger partial charge is 0.385 e. The Morgan fingerprint density at radius 1 is 1.19 bits per heavy atom. The van der Waals surface area contributed by atoms with Gasteiger partial charge in [-0.25, -0.2) is 0 Å². The average molecular weight is 291 g/mol. The molecular weight excluding hydrogens is 258 g/mol. The Bertz CT molecular complexity index is 369. The van der Waals surface area contributed by atoms with Gasteiger partial charge in [-0.05, 0) is 56.8 Å². The summed E-state index contributed by atoms with van der Waals surface area (Å²) >= 11 is 0. The predicted octanol–water partition coefficient (Wildman–Crippen LogP) is 2.91. The smallest absolute Gasteiger partial charge is 0.0347 e. The molecule has 3 heteroatoms. The molecule has 3 nitrogen and oxygen atoms in total. The van der Waals surface area contributed by atoms with Crippen LogP contribution in [-0.4, -0.2) is 43.7 Å². The third-order valence-electron chi connectivity index (χ3n) is 4.96. The molecule has 2 rings (SSSR count). The molecule has 1 fully saturated rings. The maximum atomic E-state index is 3.83. The highest BCUT2D eigenvalue weighted by Crippen LogP contribution is 2.36. The summed E-state index contributed by atoms with van der Waals surface area (Å²) in [5.41, 5.74) is 3.05. The highest BCUT2D eigenvalue weighted by atomic mass is 15.1. The molecule has 21 heavy (non-hydrogen) atoms. The van der Waals surface area contributed by atoms with Crippen LogP contribution >= 0.6 is 0 Å². The monoisotopic (exact) mass is 291 g/mol. The molecule has 2 unspecified atom stereocenters. The zero-order chi connectivity index (χ0) is 15.1. The number of fused-ring (bicyclic) bond motifs is 1. The van der Waals surface area contributed by atoms with E-state index in [1.165, 1.54) is 31.4 Å². The summed E-state index contributed by atoms with van der Waals surface area (Å²) < 4.78 is 0. The molecule has 2 aliphatic rings. The summed E-state index contributed by atoms with van der Waals surface area (Å²) in [5.74, 6) is 0.767. The first-order valence-corrected chi connectivity index (χ1v) is 8.90. The van der Waals surface area contributed by atoms with E-state index in [-0.39, 0.29) is 0 Å². The Hall–Kier alpha value is -0.800. The standard InChI is InChI=1S/C18H33N3/c1-4-19-16-11-7-9-15-10-8-12-17(18(15)16)20-13-14-21(5-2)6-3/h7,11,15,17,19-20H,4-6,8-10,12-14H2,1-3H3. The third kappa shape index (κ3) is 4.33. The number of hydrogen-bond acceptors (Lipinski definition) is 3. The maximum absolute atomic E-state index is 3.83. The molecule has 0 saturated heterocycles. The summed E-state index contributed by atoms with van der Waals surface area (Å²) in [4.78, 5) is 2.49. The molecule has 0 aliphatic heterocycles. The zero-order valence-corrected chi connectivity index (χ0v) is 14.1. The number of nitrogens with zero attached hydrogens (tertiary/aromatic N) is 1. The van der Waals surface area contributed by atoms with Crippen LogP contribution < -0.4 is 10.6 Å². The van der Waals surface area contributed by atoms with Gasteiger partial charge in [-0.2, -0.15) is 0 Å². The van der Waals surface area contributed by atoms with Crippen LogP contribution in [0.3, 0.4) is 0 Å². The lowest BCUT2D eigenvalue weighted by molar-refractivity contribution is 0.288. The molecule has 0 bridgehead atoms. The lowest BCUT2D eigenvalue weighted by Gasteiger charge is -2.37. The molecule has 2 aliphatic carbocycles. The predicted molar refractivity (Wildman–Crippen MR) is 91.4 cm³/mol. The summed E-state index contributed by atoms with van der Waals surface area (Å²) in [6, 6.07) is 0.582. The van der Waals surface area contributed by atoms with Gasteiger partial charge < -0.3 is 15.5 Å². The molecule has 1 saturated carbocycles. The Balaban J connectivity index is 1.98. The van der Waals surface area contributed by atoms with Crippen LogP contribution in [0.4, 0.5) is 0 Å². The van der Waals surface area contributed by atoms with E-state index < -0.39 is 0 Å². The Kier molecular flexibility index (Phi) is 6.78. The number of likely N-dealkylation sites (N-methyl/N-ethyl adjacent to an activating group) is 2. The number of allylic oxidation sites excluding steroid dienone is 2. The molecule has 0 aromatic heterocycles. The van der Waals surface area contributed by atoms with Crippen molar-refractivity contribution in [3.8, 4) is 0 Å². The SMILES string of the molecule is CCNC1=C2C(CC=C1)CCCC2NCCN(CC)CC. The molecule has 2 atom stereocenters. The van der Waals surface area contributed by atoms with E-state index in [1.54, 1.807) is 5.57 Å². The molecule has 0 aromatic rings. The van der Waals surface area contributed by atoms with Crippen LogP contribution in [-0.2, 0) is 0 Å². The van der Waals surface area contributed by atoms with Crippen molar-refractivity contribution in [1.82, 2.24) is 15.5 Å². The van der Waals surface area contributed by atoms with E-state index in [2.05, 4.69) is 48.5 Å². The molecular formula is C18H33N3. The van der Waals surface area contributed by atoms with Gasteiger partial charge in [-0.1, -0.05) is 26.3 Å². The zero-order valence-electron chi connectivity index (χ0n) is 14.1. The summed E-state index contributed by atoms with van der Waals surface area (Å²) in [5, 5.41) is 7.41. The van der Waals surface area contributed by atoms with Crippen molar-refractivity contribution in [3.05, 3.63) is 23.4 Å². The van der Waals surface area contributed by atoms with Gasteiger partial charge in [0.15, 0.2) is 0 Å². The molecule has 120 valence electrons. The van der Waals surface area contributed by atoms with Crippen molar-refractivity contribution in [3.63, 3.8) is 0 Å². The minimum atomic E-state index is 0.582. The van der Waals surface area contributed by atoms with Gasteiger partial charge in [0.25, 0.3) is 0 Å². The van der Waals surface area contributed by atoms with E-state index in [0.29, 0.717) is 6.04 Å². The second-order valence-corrected chi connectivity index (χ2v) is 6.20. The summed E-state index contributed by atoms with van der Waals surface area (Å²) in [7, 11) is 0. The van der Waals surface area contributed by atoms with Gasteiger partial charge in [-0.3, -0.25) is 0 Å². The first-order valence-electron chi connectivity index (χ1n) is 8.90. The fourth-order valence-electron chi connectivity index (χ4n) is 3.76. The number of hydrogen-bond donors (Lipinski definition) is 2. The highest BCUT2D eigenvalue weighted by Gasteiger charge is 2.30. The molecule has 0 heterocycles. The Labute approximate surface area is 130 Å². The minimum absolute atomic E-state index is 0.582. The first-order chi connectivity index (χ1) is 10.3. The molecule has 0 spiro atoms. The molecule has 0 aromatic carbocycles. The maximum Gasteiger partial charge on any atom is 0.0347 e. The topological polar surface area (TPSA) is 27.3 Å². The minimum Gasteiger partial charge on any atom is -0.385 e. The highest BCUT2D eigenvalue weighted by molar-refractivity contribution is 5.34. The van der Waals surface area contributed by atoms with E-state index in [1.807, 2.05) is 0 Å². The fourth-order valence-corrected chi connectivity index (χ4v) is 3.76. The van der Waals surface area contributed by atoms with Crippen molar-refractivity contribution >= 4 is 0 Å². The number of rotatable bonds is 8. The first kappa shape index (κ1) is 16.6. The molecule has 0 radical (unpaired) electrons. The lowest BCUT2D eigenvalue weighted by atomic mass is 9.76. The fraction of sp³-hybridized carbons (Fsp3) is 0.778. The van der Waals surface area contributed by atoms with Gasteiger partial charge in [0.2, 0.25) is 0 Å². The average Bonchev–Trinajstić information content (AvgIpc) is 2.52. The van der Waals surface area contributed by atoms with Crippen LogP contribution in [0.15, 0.2) is 23.4 Å². The van der Waals surface area contributed by atoms with Crippen molar-refractivity contribution in [1.29, 1.82) is 0 Å². The summed E-state index contributed by atoms with van der Waals surface area (Å²) in [6.07, 6.45) is 9.92. The van der Waals surface area contributed by atoms with E-state index in [0.717, 1.165) is 38.6 Å².